The van der Waals surface area contributed by atoms with Crippen LogP contribution in [0.4, 0.5) is 0 Å². The van der Waals surface area contributed by atoms with Gasteiger partial charge in [-0.25, -0.2) is 0 Å². The Kier molecular flexibility index (Phi) is 3.06. The first-order valence-electron chi connectivity index (χ1n) is 7.63. The fourth-order valence-corrected chi connectivity index (χ4v) is 4.06. The standard InChI is InChI=1S/C15H24N2O2/c1-11-13(18)16-9-5-6-12(16)14(19)17(11)10-15(2)7-3-4-8-15/h11-12H,3-10H2,1-2H3. The van der Waals surface area contributed by atoms with Gasteiger partial charge in [0.1, 0.15) is 12.1 Å². The summed E-state index contributed by atoms with van der Waals surface area (Å²) in [6, 6.07) is -0.423. The van der Waals surface area contributed by atoms with Gasteiger partial charge >= 0.3 is 0 Å². The molecule has 4 heteroatoms. The van der Waals surface area contributed by atoms with Gasteiger partial charge in [0, 0.05) is 13.1 Å². The molecule has 2 saturated heterocycles. The quantitative estimate of drug-likeness (QED) is 0.763. The molecule has 0 aromatic heterocycles. The summed E-state index contributed by atoms with van der Waals surface area (Å²) in [5, 5.41) is 0. The number of carbonyl (C=O) groups excluding carboxylic acids is 2. The zero-order valence-electron chi connectivity index (χ0n) is 12.0. The number of carbonyl (C=O) groups is 2. The maximum atomic E-state index is 12.6. The van der Waals surface area contributed by atoms with Crippen molar-refractivity contribution in [1.29, 1.82) is 0 Å². The lowest BCUT2D eigenvalue weighted by atomic mass is 9.87. The number of hydrogen-bond donors (Lipinski definition) is 0. The van der Waals surface area contributed by atoms with E-state index in [0.717, 1.165) is 25.9 Å². The predicted octanol–water partition coefficient (Wildman–Crippen LogP) is 1.79. The molecular formula is C15H24N2O2. The Balaban J connectivity index is 1.80. The van der Waals surface area contributed by atoms with Crippen molar-refractivity contribution in [1.82, 2.24) is 9.80 Å². The summed E-state index contributed by atoms with van der Waals surface area (Å²) in [6.45, 7) is 5.70. The summed E-state index contributed by atoms with van der Waals surface area (Å²) in [7, 11) is 0. The first-order valence-corrected chi connectivity index (χ1v) is 7.63. The van der Waals surface area contributed by atoms with Gasteiger partial charge in [0.2, 0.25) is 11.8 Å². The van der Waals surface area contributed by atoms with Crippen molar-refractivity contribution in [3.05, 3.63) is 0 Å². The number of nitrogens with zero attached hydrogens (tertiary/aromatic N) is 2. The normalized spacial score (nSPS) is 34.0. The molecule has 2 aliphatic heterocycles. The highest BCUT2D eigenvalue weighted by Crippen LogP contribution is 2.39. The van der Waals surface area contributed by atoms with Gasteiger partial charge in [-0.05, 0) is 38.0 Å². The lowest BCUT2D eigenvalue weighted by molar-refractivity contribution is -0.160. The second kappa shape index (κ2) is 4.50. The molecule has 2 unspecified atom stereocenters. The molecule has 19 heavy (non-hydrogen) atoms. The highest BCUT2D eigenvalue weighted by atomic mass is 16.2. The van der Waals surface area contributed by atoms with Crippen molar-refractivity contribution in [3.63, 3.8) is 0 Å². The molecule has 0 bridgehead atoms. The maximum absolute atomic E-state index is 12.6. The molecule has 0 aromatic carbocycles. The molecule has 1 aliphatic carbocycles. The Labute approximate surface area is 115 Å². The average molecular weight is 264 g/mol. The lowest BCUT2D eigenvalue weighted by Gasteiger charge is -2.44. The van der Waals surface area contributed by atoms with Crippen LogP contribution in [0.5, 0.6) is 0 Å². The zero-order chi connectivity index (χ0) is 13.6. The van der Waals surface area contributed by atoms with Crippen LogP contribution in [0, 0.1) is 5.41 Å². The third kappa shape index (κ3) is 2.05. The summed E-state index contributed by atoms with van der Waals surface area (Å²) in [5.41, 5.74) is 0.227. The second-order valence-corrected chi connectivity index (χ2v) is 6.85. The smallest absolute Gasteiger partial charge is 0.246 e. The monoisotopic (exact) mass is 264 g/mol. The molecule has 2 heterocycles. The number of piperazine rings is 1. The molecule has 3 aliphatic rings. The van der Waals surface area contributed by atoms with Gasteiger partial charge in [0.15, 0.2) is 0 Å². The molecule has 0 N–H and O–H groups in total. The third-order valence-corrected chi connectivity index (χ3v) is 5.29. The van der Waals surface area contributed by atoms with Gasteiger partial charge < -0.3 is 9.80 Å². The lowest BCUT2D eigenvalue weighted by Crippen LogP contribution is -2.63. The van der Waals surface area contributed by atoms with Crippen LogP contribution >= 0.6 is 0 Å². The first kappa shape index (κ1) is 12.9. The van der Waals surface area contributed by atoms with E-state index < -0.39 is 0 Å². The zero-order valence-corrected chi connectivity index (χ0v) is 12.0. The summed E-state index contributed by atoms with van der Waals surface area (Å²) in [4.78, 5) is 28.7. The van der Waals surface area contributed by atoms with Gasteiger partial charge in [-0.3, -0.25) is 9.59 Å². The summed E-state index contributed by atoms with van der Waals surface area (Å²) >= 11 is 0. The molecule has 4 nitrogen and oxygen atoms in total. The van der Waals surface area contributed by atoms with E-state index in [1.54, 1.807) is 4.90 Å². The van der Waals surface area contributed by atoms with E-state index in [2.05, 4.69) is 6.92 Å². The van der Waals surface area contributed by atoms with E-state index in [-0.39, 0.29) is 29.3 Å². The highest BCUT2D eigenvalue weighted by Gasteiger charge is 2.47. The minimum atomic E-state index is -0.265. The molecule has 1 saturated carbocycles. The fourth-order valence-electron chi connectivity index (χ4n) is 4.06. The number of rotatable bonds is 2. The molecule has 2 atom stereocenters. The fraction of sp³-hybridized carbons (Fsp3) is 0.867. The van der Waals surface area contributed by atoms with Crippen molar-refractivity contribution in [2.24, 2.45) is 5.41 Å². The number of fused-ring (bicyclic) bond motifs is 1. The van der Waals surface area contributed by atoms with Crippen LogP contribution in [-0.2, 0) is 9.59 Å². The number of hydrogen-bond acceptors (Lipinski definition) is 2. The van der Waals surface area contributed by atoms with Crippen LogP contribution < -0.4 is 0 Å². The summed E-state index contributed by atoms with van der Waals surface area (Å²) < 4.78 is 0. The van der Waals surface area contributed by atoms with Crippen LogP contribution in [-0.4, -0.2) is 46.8 Å². The van der Waals surface area contributed by atoms with Gasteiger partial charge in [-0.15, -0.1) is 0 Å². The minimum Gasteiger partial charge on any atom is -0.329 e. The molecule has 0 spiro atoms. The van der Waals surface area contributed by atoms with Crippen molar-refractivity contribution < 1.29 is 9.59 Å². The van der Waals surface area contributed by atoms with E-state index in [0.29, 0.717) is 0 Å². The van der Waals surface area contributed by atoms with Crippen LogP contribution in [0.15, 0.2) is 0 Å². The third-order valence-electron chi connectivity index (χ3n) is 5.29. The van der Waals surface area contributed by atoms with E-state index in [4.69, 9.17) is 0 Å². The Morgan fingerprint density at radius 1 is 1.16 bits per heavy atom. The van der Waals surface area contributed by atoms with Crippen molar-refractivity contribution in [3.8, 4) is 0 Å². The molecule has 2 amide bonds. The van der Waals surface area contributed by atoms with E-state index in [1.165, 1.54) is 25.7 Å². The Bertz CT molecular complexity index is 401. The van der Waals surface area contributed by atoms with Crippen LogP contribution in [0.25, 0.3) is 0 Å². The van der Waals surface area contributed by atoms with Gasteiger partial charge in [0.05, 0.1) is 0 Å². The predicted molar refractivity (Wildman–Crippen MR) is 72.5 cm³/mol. The highest BCUT2D eigenvalue weighted by molar-refractivity contribution is 5.97. The molecular weight excluding hydrogens is 240 g/mol. The number of amides is 2. The summed E-state index contributed by atoms with van der Waals surface area (Å²) in [5.74, 6) is 0.349. The Hall–Kier alpha value is -1.06. The van der Waals surface area contributed by atoms with Gasteiger partial charge in [-0.2, -0.15) is 0 Å². The van der Waals surface area contributed by atoms with Crippen LogP contribution in [0.1, 0.15) is 52.4 Å². The van der Waals surface area contributed by atoms with Crippen LogP contribution in [0.2, 0.25) is 0 Å². The molecule has 0 radical (unpaired) electrons. The van der Waals surface area contributed by atoms with Crippen LogP contribution in [0.3, 0.4) is 0 Å². The van der Waals surface area contributed by atoms with E-state index in [1.807, 2.05) is 11.8 Å². The molecule has 0 aromatic rings. The van der Waals surface area contributed by atoms with Crippen molar-refractivity contribution in [2.75, 3.05) is 13.1 Å². The topological polar surface area (TPSA) is 40.6 Å². The minimum absolute atomic E-state index is 0.156. The Morgan fingerprint density at radius 2 is 1.84 bits per heavy atom. The van der Waals surface area contributed by atoms with E-state index >= 15 is 0 Å². The average Bonchev–Trinajstić information content (AvgIpc) is 3.01. The molecule has 106 valence electrons. The SMILES string of the molecule is CC1C(=O)N2CCCC2C(=O)N1CC1(C)CCCC1. The maximum Gasteiger partial charge on any atom is 0.246 e. The summed E-state index contributed by atoms with van der Waals surface area (Å²) in [6.07, 6.45) is 6.72. The molecule has 3 rings (SSSR count). The van der Waals surface area contributed by atoms with Crippen molar-refractivity contribution >= 4 is 11.8 Å². The first-order chi connectivity index (χ1) is 9.02. The van der Waals surface area contributed by atoms with Gasteiger partial charge in [-0.1, -0.05) is 19.8 Å². The van der Waals surface area contributed by atoms with Crippen molar-refractivity contribution in [2.45, 2.75) is 64.5 Å². The Morgan fingerprint density at radius 3 is 2.53 bits per heavy atom. The largest absolute Gasteiger partial charge is 0.329 e. The van der Waals surface area contributed by atoms with Gasteiger partial charge in [0.25, 0.3) is 0 Å². The van der Waals surface area contributed by atoms with E-state index in [9.17, 15) is 9.59 Å². The molecule has 3 fully saturated rings. The second-order valence-electron chi connectivity index (χ2n) is 6.85.